The van der Waals surface area contributed by atoms with E-state index in [0.717, 1.165) is 17.7 Å². The van der Waals surface area contributed by atoms with E-state index in [2.05, 4.69) is 10.2 Å². The lowest BCUT2D eigenvalue weighted by Gasteiger charge is -2.18. The fraction of sp³-hybridized carbons (Fsp3) is 0.231. The minimum absolute atomic E-state index is 0.144. The average molecular weight is 325 g/mol. The molecule has 0 aliphatic carbocycles. The maximum Gasteiger partial charge on any atom is 0.350 e. The van der Waals surface area contributed by atoms with Gasteiger partial charge in [0.1, 0.15) is 4.90 Å². The van der Waals surface area contributed by atoms with Crippen LogP contribution in [0.3, 0.4) is 0 Å². The van der Waals surface area contributed by atoms with Crippen molar-refractivity contribution in [2.75, 3.05) is 13.7 Å². The molecular formula is C13H15N3O5S. The Labute approximate surface area is 127 Å². The predicted octanol–water partition coefficient (Wildman–Crippen LogP) is 0.596. The maximum atomic E-state index is 12.3. The van der Waals surface area contributed by atoms with Crippen LogP contribution in [0.2, 0.25) is 0 Å². The summed E-state index contributed by atoms with van der Waals surface area (Å²) in [4.78, 5) is 23.3. The fourth-order valence-electron chi connectivity index (χ4n) is 1.86. The van der Waals surface area contributed by atoms with Gasteiger partial charge in [-0.25, -0.2) is 27.7 Å². The Morgan fingerprint density at radius 3 is 2.59 bits per heavy atom. The average Bonchev–Trinajstić information content (AvgIpc) is 2.93. The van der Waals surface area contributed by atoms with Gasteiger partial charge in [-0.2, -0.15) is 0 Å². The number of sulfonamides is 1. The second-order valence-corrected chi connectivity index (χ2v) is 6.26. The molecular weight excluding hydrogens is 310 g/mol. The minimum atomic E-state index is -4.21. The van der Waals surface area contributed by atoms with Gasteiger partial charge >= 0.3 is 12.0 Å². The first-order chi connectivity index (χ1) is 10.3. The molecule has 0 atom stereocenters. The summed E-state index contributed by atoms with van der Waals surface area (Å²) in [5.74, 6) is -0.801. The Morgan fingerprint density at radius 2 is 2.00 bits per heavy atom. The molecule has 0 radical (unpaired) electrons. The third-order valence-electron chi connectivity index (χ3n) is 2.92. The fourth-order valence-corrected chi connectivity index (χ4v) is 3.01. The van der Waals surface area contributed by atoms with Crippen molar-refractivity contribution >= 4 is 22.0 Å². The Morgan fingerprint density at radius 1 is 1.32 bits per heavy atom. The van der Waals surface area contributed by atoms with Crippen molar-refractivity contribution in [3.8, 4) is 0 Å². The van der Waals surface area contributed by atoms with Gasteiger partial charge in [0.05, 0.1) is 19.2 Å². The molecule has 22 heavy (non-hydrogen) atoms. The molecule has 0 spiro atoms. The molecule has 2 N–H and O–H groups in total. The van der Waals surface area contributed by atoms with Gasteiger partial charge in [0, 0.05) is 6.20 Å². The lowest BCUT2D eigenvalue weighted by atomic mass is 10.2. The van der Waals surface area contributed by atoms with Gasteiger partial charge in [-0.1, -0.05) is 12.1 Å². The number of amides is 2. The van der Waals surface area contributed by atoms with Crippen molar-refractivity contribution in [3.05, 3.63) is 41.6 Å². The third-order valence-corrected chi connectivity index (χ3v) is 4.30. The van der Waals surface area contributed by atoms with Gasteiger partial charge < -0.3 is 10.2 Å². The summed E-state index contributed by atoms with van der Waals surface area (Å²) >= 11 is 0. The standard InChI is InChI=1S/C13H15N3O5S/c1-9-7-14-16(8-9)13(18)15-22(19,20)11-6-4-3-5-10(11)12(17)21-2/h3-7,14H,8H2,1-2H3,(H,15,18). The van der Waals surface area contributed by atoms with E-state index in [1.807, 2.05) is 4.72 Å². The quantitative estimate of drug-likeness (QED) is 0.788. The predicted molar refractivity (Wildman–Crippen MR) is 77.1 cm³/mol. The van der Waals surface area contributed by atoms with E-state index in [0.29, 0.717) is 0 Å². The van der Waals surface area contributed by atoms with Crippen LogP contribution in [0.4, 0.5) is 4.79 Å². The van der Waals surface area contributed by atoms with E-state index >= 15 is 0 Å². The maximum absolute atomic E-state index is 12.3. The highest BCUT2D eigenvalue weighted by Gasteiger charge is 2.27. The van der Waals surface area contributed by atoms with Crippen LogP contribution < -0.4 is 10.1 Å². The number of hydrogen-bond acceptors (Lipinski definition) is 6. The topological polar surface area (TPSA) is 105 Å². The van der Waals surface area contributed by atoms with Gasteiger partial charge in [-0.3, -0.25) is 0 Å². The number of nitrogens with one attached hydrogen (secondary N) is 2. The largest absolute Gasteiger partial charge is 0.465 e. The van der Waals surface area contributed by atoms with E-state index in [1.54, 1.807) is 13.1 Å². The highest BCUT2D eigenvalue weighted by molar-refractivity contribution is 7.90. The summed E-state index contributed by atoms with van der Waals surface area (Å²) in [6.07, 6.45) is 1.59. The molecule has 0 fully saturated rings. The molecule has 1 aliphatic heterocycles. The Bertz CT molecular complexity index is 742. The van der Waals surface area contributed by atoms with Crippen molar-refractivity contribution < 1.29 is 22.7 Å². The van der Waals surface area contributed by atoms with Gasteiger partial charge in [-0.05, 0) is 24.6 Å². The van der Waals surface area contributed by atoms with Gasteiger partial charge in [0.25, 0.3) is 10.0 Å². The van der Waals surface area contributed by atoms with Crippen molar-refractivity contribution in [2.45, 2.75) is 11.8 Å². The molecule has 0 aromatic heterocycles. The summed E-state index contributed by atoms with van der Waals surface area (Å²) in [6.45, 7) is 2.06. The molecule has 9 heteroatoms. The first-order valence-electron chi connectivity index (χ1n) is 6.28. The number of esters is 1. The molecule has 0 unspecified atom stereocenters. The summed E-state index contributed by atoms with van der Waals surface area (Å²) in [6, 6.07) is 4.65. The number of urea groups is 1. The monoisotopic (exact) mass is 325 g/mol. The molecule has 2 rings (SSSR count). The second-order valence-electron chi connectivity index (χ2n) is 4.60. The molecule has 118 valence electrons. The Hall–Kier alpha value is -2.55. The van der Waals surface area contributed by atoms with E-state index in [4.69, 9.17) is 0 Å². The zero-order valence-electron chi connectivity index (χ0n) is 12.0. The van der Waals surface area contributed by atoms with Crippen LogP contribution >= 0.6 is 0 Å². The molecule has 1 aliphatic rings. The molecule has 0 bridgehead atoms. The van der Waals surface area contributed by atoms with Crippen molar-refractivity contribution in [1.29, 1.82) is 0 Å². The third kappa shape index (κ3) is 3.19. The van der Waals surface area contributed by atoms with Crippen LogP contribution in [-0.4, -0.2) is 39.1 Å². The van der Waals surface area contributed by atoms with E-state index < -0.39 is 22.0 Å². The van der Waals surface area contributed by atoms with Crippen molar-refractivity contribution in [2.24, 2.45) is 0 Å². The minimum Gasteiger partial charge on any atom is -0.465 e. The number of carbonyl (C=O) groups is 2. The smallest absolute Gasteiger partial charge is 0.350 e. The van der Waals surface area contributed by atoms with Gasteiger partial charge in [-0.15, -0.1) is 0 Å². The highest BCUT2D eigenvalue weighted by atomic mass is 32.2. The number of ether oxygens (including phenoxy) is 1. The van der Waals surface area contributed by atoms with E-state index in [1.165, 1.54) is 24.3 Å². The van der Waals surface area contributed by atoms with Crippen LogP contribution in [0, 0.1) is 0 Å². The number of hydrazine groups is 1. The zero-order chi connectivity index (χ0) is 16.3. The van der Waals surface area contributed by atoms with Crippen LogP contribution in [0.25, 0.3) is 0 Å². The summed E-state index contributed by atoms with van der Waals surface area (Å²) < 4.78 is 31.1. The lowest BCUT2D eigenvalue weighted by molar-refractivity contribution is 0.0596. The van der Waals surface area contributed by atoms with Crippen LogP contribution in [0.15, 0.2) is 40.9 Å². The molecule has 8 nitrogen and oxygen atoms in total. The first kappa shape index (κ1) is 15.8. The molecule has 1 aromatic carbocycles. The van der Waals surface area contributed by atoms with Gasteiger partial charge in [0.2, 0.25) is 0 Å². The second kappa shape index (κ2) is 6.06. The summed E-state index contributed by atoms with van der Waals surface area (Å²) in [5, 5.41) is 1.10. The summed E-state index contributed by atoms with van der Waals surface area (Å²) in [5.41, 5.74) is 3.36. The number of carbonyl (C=O) groups excluding carboxylic acids is 2. The Kier molecular flexibility index (Phi) is 4.36. The highest BCUT2D eigenvalue weighted by Crippen LogP contribution is 2.16. The molecule has 2 amide bonds. The lowest BCUT2D eigenvalue weighted by Crippen LogP contribution is -2.46. The molecule has 0 saturated heterocycles. The van der Waals surface area contributed by atoms with Crippen LogP contribution in [0.5, 0.6) is 0 Å². The van der Waals surface area contributed by atoms with E-state index in [-0.39, 0.29) is 17.0 Å². The number of hydrogen-bond donors (Lipinski definition) is 2. The van der Waals surface area contributed by atoms with Gasteiger partial charge in [0.15, 0.2) is 0 Å². The molecule has 0 saturated carbocycles. The van der Waals surface area contributed by atoms with Crippen LogP contribution in [-0.2, 0) is 14.8 Å². The first-order valence-corrected chi connectivity index (χ1v) is 7.77. The number of rotatable bonds is 3. The normalized spacial score (nSPS) is 14.1. The molecule has 1 heterocycles. The number of nitrogens with zero attached hydrogens (tertiary/aromatic N) is 1. The Balaban J connectivity index is 2.24. The van der Waals surface area contributed by atoms with Crippen molar-refractivity contribution in [1.82, 2.24) is 15.2 Å². The van der Waals surface area contributed by atoms with Crippen LogP contribution in [0.1, 0.15) is 17.3 Å². The van der Waals surface area contributed by atoms with E-state index in [9.17, 15) is 18.0 Å². The number of benzene rings is 1. The SMILES string of the molecule is COC(=O)c1ccccc1S(=O)(=O)NC(=O)N1CC(C)=CN1. The zero-order valence-corrected chi connectivity index (χ0v) is 12.8. The van der Waals surface area contributed by atoms with Crippen molar-refractivity contribution in [3.63, 3.8) is 0 Å². The molecule has 1 aromatic rings. The summed E-state index contributed by atoms with van der Waals surface area (Å²) in [7, 11) is -3.06. The number of methoxy groups -OCH3 is 1.